The standard InChI is InChI=1S/C15H18N2O4S/c1-22(19,20)17-8-4-6-13(17)15(18)16-10-12-9-11-5-2-3-7-14(11)21-12/h2-3,5,7,9,13H,4,6,8,10H2,1H3,(H,16,18). The summed E-state index contributed by atoms with van der Waals surface area (Å²) in [6.07, 6.45) is 2.40. The third kappa shape index (κ3) is 3.00. The Balaban J connectivity index is 1.67. The number of benzene rings is 1. The molecule has 118 valence electrons. The Labute approximate surface area is 129 Å². The summed E-state index contributed by atoms with van der Waals surface area (Å²) in [5.41, 5.74) is 0.769. The van der Waals surface area contributed by atoms with Crippen LogP contribution in [0.1, 0.15) is 18.6 Å². The second-order valence-electron chi connectivity index (χ2n) is 5.50. The zero-order valence-electron chi connectivity index (χ0n) is 12.3. The average Bonchev–Trinajstić information content (AvgIpc) is 3.10. The Morgan fingerprint density at radius 3 is 2.91 bits per heavy atom. The first-order valence-corrected chi connectivity index (χ1v) is 9.02. The fourth-order valence-corrected chi connectivity index (χ4v) is 3.94. The number of amides is 1. The first kappa shape index (κ1) is 15.1. The lowest BCUT2D eigenvalue weighted by Crippen LogP contribution is -2.45. The van der Waals surface area contributed by atoms with Gasteiger partial charge in [0.15, 0.2) is 0 Å². The van der Waals surface area contributed by atoms with Crippen LogP contribution >= 0.6 is 0 Å². The van der Waals surface area contributed by atoms with E-state index in [1.807, 2.05) is 30.3 Å². The van der Waals surface area contributed by atoms with Crippen LogP contribution in [0.2, 0.25) is 0 Å². The van der Waals surface area contributed by atoms with Crippen LogP contribution in [0.5, 0.6) is 0 Å². The SMILES string of the molecule is CS(=O)(=O)N1CCCC1C(=O)NCc1cc2ccccc2o1. The Morgan fingerprint density at radius 2 is 2.18 bits per heavy atom. The summed E-state index contributed by atoms with van der Waals surface area (Å²) in [5, 5.41) is 3.74. The summed E-state index contributed by atoms with van der Waals surface area (Å²) in [6.45, 7) is 0.656. The van der Waals surface area contributed by atoms with Gasteiger partial charge in [0.25, 0.3) is 0 Å². The number of rotatable bonds is 4. The van der Waals surface area contributed by atoms with Crippen LogP contribution in [-0.2, 0) is 21.4 Å². The largest absolute Gasteiger partial charge is 0.459 e. The zero-order valence-corrected chi connectivity index (χ0v) is 13.1. The highest BCUT2D eigenvalue weighted by atomic mass is 32.2. The first-order valence-electron chi connectivity index (χ1n) is 7.17. The van der Waals surface area contributed by atoms with Gasteiger partial charge < -0.3 is 9.73 Å². The van der Waals surface area contributed by atoms with Gasteiger partial charge in [-0.2, -0.15) is 4.31 Å². The molecule has 0 aliphatic carbocycles. The molecule has 6 nitrogen and oxygen atoms in total. The van der Waals surface area contributed by atoms with Crippen LogP contribution in [0, 0.1) is 0 Å². The molecule has 1 aromatic carbocycles. The number of hydrogen-bond acceptors (Lipinski definition) is 4. The monoisotopic (exact) mass is 322 g/mol. The Kier molecular flexibility index (Phi) is 3.92. The lowest BCUT2D eigenvalue weighted by molar-refractivity contribution is -0.124. The van der Waals surface area contributed by atoms with Gasteiger partial charge in [0.05, 0.1) is 12.8 Å². The van der Waals surface area contributed by atoms with E-state index in [-0.39, 0.29) is 12.5 Å². The molecule has 0 saturated carbocycles. The normalized spacial score (nSPS) is 19.6. The minimum atomic E-state index is -3.35. The van der Waals surface area contributed by atoms with E-state index in [1.165, 1.54) is 4.31 Å². The minimum Gasteiger partial charge on any atom is -0.459 e. The molecule has 1 saturated heterocycles. The highest BCUT2D eigenvalue weighted by molar-refractivity contribution is 7.88. The van der Waals surface area contributed by atoms with Crippen molar-refractivity contribution < 1.29 is 17.6 Å². The molecule has 1 aliphatic rings. The molecular formula is C15H18N2O4S. The quantitative estimate of drug-likeness (QED) is 0.924. The number of carbonyl (C=O) groups excluding carboxylic acids is 1. The highest BCUT2D eigenvalue weighted by Crippen LogP contribution is 2.21. The maximum Gasteiger partial charge on any atom is 0.238 e. The van der Waals surface area contributed by atoms with Crippen LogP contribution in [-0.4, -0.2) is 37.5 Å². The molecule has 0 spiro atoms. The average molecular weight is 322 g/mol. The van der Waals surface area contributed by atoms with Crippen molar-refractivity contribution >= 4 is 26.9 Å². The van der Waals surface area contributed by atoms with Gasteiger partial charge in [-0.05, 0) is 25.0 Å². The summed E-state index contributed by atoms with van der Waals surface area (Å²) < 4.78 is 30.2. The van der Waals surface area contributed by atoms with Crippen molar-refractivity contribution in [2.75, 3.05) is 12.8 Å². The topological polar surface area (TPSA) is 79.6 Å². The minimum absolute atomic E-state index is 0.252. The summed E-state index contributed by atoms with van der Waals surface area (Å²) in [6, 6.07) is 8.87. The van der Waals surface area contributed by atoms with Crippen molar-refractivity contribution in [2.24, 2.45) is 0 Å². The molecule has 22 heavy (non-hydrogen) atoms. The Hall–Kier alpha value is -1.86. The van der Waals surface area contributed by atoms with Crippen molar-refractivity contribution in [2.45, 2.75) is 25.4 Å². The molecule has 1 atom stereocenters. The summed E-state index contributed by atoms with van der Waals surface area (Å²) in [7, 11) is -3.35. The van der Waals surface area contributed by atoms with E-state index in [2.05, 4.69) is 5.32 Å². The van der Waals surface area contributed by atoms with Gasteiger partial charge in [-0.3, -0.25) is 4.79 Å². The van der Waals surface area contributed by atoms with E-state index < -0.39 is 16.1 Å². The number of furan rings is 1. The number of fused-ring (bicyclic) bond motifs is 1. The first-order chi connectivity index (χ1) is 10.4. The van der Waals surface area contributed by atoms with E-state index in [4.69, 9.17) is 4.42 Å². The molecule has 1 aromatic heterocycles. The maximum atomic E-state index is 12.2. The molecule has 0 bridgehead atoms. The molecule has 1 amide bonds. The molecule has 2 aromatic rings. The summed E-state index contributed by atoms with van der Waals surface area (Å²) >= 11 is 0. The third-order valence-electron chi connectivity index (χ3n) is 3.85. The molecule has 0 radical (unpaired) electrons. The van der Waals surface area contributed by atoms with Crippen molar-refractivity contribution in [3.8, 4) is 0 Å². The van der Waals surface area contributed by atoms with Crippen LogP contribution in [0.15, 0.2) is 34.7 Å². The fourth-order valence-electron chi connectivity index (χ4n) is 2.82. The van der Waals surface area contributed by atoms with Gasteiger partial charge in [0.1, 0.15) is 17.4 Å². The number of carbonyl (C=O) groups is 1. The van der Waals surface area contributed by atoms with E-state index in [0.29, 0.717) is 25.1 Å². The lowest BCUT2D eigenvalue weighted by atomic mass is 10.2. The molecule has 3 rings (SSSR count). The van der Waals surface area contributed by atoms with Crippen LogP contribution in [0.25, 0.3) is 11.0 Å². The van der Waals surface area contributed by atoms with Crippen molar-refractivity contribution in [3.63, 3.8) is 0 Å². The van der Waals surface area contributed by atoms with Gasteiger partial charge in [0, 0.05) is 11.9 Å². The van der Waals surface area contributed by atoms with Crippen molar-refractivity contribution in [1.82, 2.24) is 9.62 Å². The van der Waals surface area contributed by atoms with Crippen LogP contribution < -0.4 is 5.32 Å². The predicted molar refractivity (Wildman–Crippen MR) is 82.6 cm³/mol. The molecule has 7 heteroatoms. The van der Waals surface area contributed by atoms with Gasteiger partial charge in [-0.25, -0.2) is 8.42 Å². The molecule has 2 heterocycles. The molecule has 1 aliphatic heterocycles. The number of para-hydroxylation sites is 1. The third-order valence-corrected chi connectivity index (χ3v) is 5.13. The van der Waals surface area contributed by atoms with Gasteiger partial charge in [-0.15, -0.1) is 0 Å². The second kappa shape index (κ2) is 5.73. The number of hydrogen-bond donors (Lipinski definition) is 1. The van der Waals surface area contributed by atoms with E-state index in [9.17, 15) is 13.2 Å². The smallest absolute Gasteiger partial charge is 0.238 e. The molecular weight excluding hydrogens is 304 g/mol. The lowest BCUT2D eigenvalue weighted by Gasteiger charge is -2.21. The molecule has 1 N–H and O–H groups in total. The number of nitrogens with zero attached hydrogens (tertiary/aromatic N) is 1. The van der Waals surface area contributed by atoms with E-state index >= 15 is 0 Å². The predicted octanol–water partition coefficient (Wildman–Crippen LogP) is 1.47. The summed E-state index contributed by atoms with van der Waals surface area (Å²) in [5.74, 6) is 0.377. The Bertz CT molecular complexity index is 764. The fraction of sp³-hybridized carbons (Fsp3) is 0.400. The van der Waals surface area contributed by atoms with Crippen LogP contribution in [0.4, 0.5) is 0 Å². The molecule has 1 fully saturated rings. The Morgan fingerprint density at radius 1 is 1.41 bits per heavy atom. The maximum absolute atomic E-state index is 12.2. The van der Waals surface area contributed by atoms with Gasteiger partial charge >= 0.3 is 0 Å². The van der Waals surface area contributed by atoms with E-state index in [1.54, 1.807) is 0 Å². The van der Waals surface area contributed by atoms with Crippen LogP contribution in [0.3, 0.4) is 0 Å². The summed E-state index contributed by atoms with van der Waals surface area (Å²) in [4.78, 5) is 12.2. The van der Waals surface area contributed by atoms with E-state index in [0.717, 1.165) is 17.2 Å². The second-order valence-corrected chi connectivity index (χ2v) is 7.44. The highest BCUT2D eigenvalue weighted by Gasteiger charge is 2.36. The van der Waals surface area contributed by atoms with Crippen molar-refractivity contribution in [3.05, 3.63) is 36.1 Å². The van der Waals surface area contributed by atoms with Crippen molar-refractivity contribution in [1.29, 1.82) is 0 Å². The van der Waals surface area contributed by atoms with Gasteiger partial charge in [0.2, 0.25) is 15.9 Å². The number of nitrogens with one attached hydrogen (secondary N) is 1. The zero-order chi connectivity index (χ0) is 15.7. The van der Waals surface area contributed by atoms with Gasteiger partial charge in [-0.1, -0.05) is 18.2 Å². The number of sulfonamides is 1. The molecule has 1 unspecified atom stereocenters.